The third kappa shape index (κ3) is 1.98. The zero-order valence-electron chi connectivity index (χ0n) is 11.3. The Bertz CT molecular complexity index is 417. The van der Waals surface area contributed by atoms with Crippen molar-refractivity contribution in [3.8, 4) is 0 Å². The highest BCUT2D eigenvalue weighted by molar-refractivity contribution is 5.28. The summed E-state index contributed by atoms with van der Waals surface area (Å²) >= 11 is 0. The highest BCUT2D eigenvalue weighted by atomic mass is 16.3. The van der Waals surface area contributed by atoms with Crippen LogP contribution in [0.4, 0.5) is 0 Å². The van der Waals surface area contributed by atoms with E-state index in [4.69, 9.17) is 0 Å². The molecule has 0 aromatic heterocycles. The molecule has 2 saturated heterocycles. The van der Waals surface area contributed by atoms with Crippen molar-refractivity contribution >= 4 is 0 Å². The lowest BCUT2D eigenvalue weighted by Crippen LogP contribution is -2.41. The number of rotatable bonds is 2. The number of benzene rings is 1. The highest BCUT2D eigenvalue weighted by Gasteiger charge is 2.41. The fourth-order valence-corrected chi connectivity index (χ4v) is 3.88. The Morgan fingerprint density at radius 2 is 1.78 bits per heavy atom. The number of aliphatic hydroxyl groups is 1. The van der Waals surface area contributed by atoms with Crippen LogP contribution < -0.4 is 0 Å². The molecule has 98 valence electrons. The molecule has 18 heavy (non-hydrogen) atoms. The third-order valence-corrected chi connectivity index (χ3v) is 5.09. The van der Waals surface area contributed by atoms with E-state index in [1.807, 2.05) is 12.1 Å². The maximum absolute atomic E-state index is 10.7. The largest absolute Gasteiger partial charge is 0.388 e. The molecule has 2 heteroatoms. The minimum atomic E-state index is -0.275. The molecular formula is C16H23NO. The Labute approximate surface area is 110 Å². The Morgan fingerprint density at radius 1 is 1.17 bits per heavy atom. The van der Waals surface area contributed by atoms with Crippen molar-refractivity contribution in [2.75, 3.05) is 7.05 Å². The maximum atomic E-state index is 10.7. The van der Waals surface area contributed by atoms with E-state index in [0.29, 0.717) is 18.0 Å². The summed E-state index contributed by atoms with van der Waals surface area (Å²) in [7, 11) is 2.25. The van der Waals surface area contributed by atoms with Gasteiger partial charge in [0.1, 0.15) is 0 Å². The summed E-state index contributed by atoms with van der Waals surface area (Å²) in [5, 5.41) is 10.7. The minimum Gasteiger partial charge on any atom is -0.388 e. The second kappa shape index (κ2) is 4.67. The normalized spacial score (nSPS) is 33.6. The van der Waals surface area contributed by atoms with Crippen molar-refractivity contribution in [2.45, 2.75) is 50.8 Å². The minimum absolute atomic E-state index is 0.275. The summed E-state index contributed by atoms with van der Waals surface area (Å²) in [6, 6.07) is 9.67. The molecule has 2 fully saturated rings. The van der Waals surface area contributed by atoms with Crippen LogP contribution in [0.15, 0.2) is 24.3 Å². The number of aliphatic hydroxyl groups excluding tert-OH is 1. The summed E-state index contributed by atoms with van der Waals surface area (Å²) in [5.74, 6) is 0.444. The van der Waals surface area contributed by atoms with Crippen molar-refractivity contribution in [3.05, 3.63) is 35.4 Å². The second-order valence-electron chi connectivity index (χ2n) is 6.08. The lowest BCUT2D eigenvalue weighted by atomic mass is 9.83. The van der Waals surface area contributed by atoms with Gasteiger partial charge in [-0.1, -0.05) is 24.3 Å². The van der Waals surface area contributed by atoms with Crippen LogP contribution in [0.3, 0.4) is 0 Å². The van der Waals surface area contributed by atoms with Crippen LogP contribution in [0.2, 0.25) is 0 Å². The Morgan fingerprint density at radius 3 is 2.39 bits per heavy atom. The first-order chi connectivity index (χ1) is 8.66. The summed E-state index contributed by atoms with van der Waals surface area (Å²) in [6.45, 7) is 2.10. The van der Waals surface area contributed by atoms with E-state index in [2.05, 4.69) is 31.0 Å². The topological polar surface area (TPSA) is 23.5 Å². The van der Waals surface area contributed by atoms with Gasteiger partial charge >= 0.3 is 0 Å². The van der Waals surface area contributed by atoms with E-state index in [-0.39, 0.29) is 6.10 Å². The van der Waals surface area contributed by atoms with Crippen LogP contribution in [0.25, 0.3) is 0 Å². The fourth-order valence-electron chi connectivity index (χ4n) is 3.88. The van der Waals surface area contributed by atoms with Gasteiger partial charge in [-0.2, -0.15) is 0 Å². The Balaban J connectivity index is 1.78. The van der Waals surface area contributed by atoms with Crippen molar-refractivity contribution in [2.24, 2.45) is 5.92 Å². The van der Waals surface area contributed by atoms with Gasteiger partial charge in [-0.05, 0) is 56.7 Å². The first-order valence-corrected chi connectivity index (χ1v) is 7.12. The fraction of sp³-hybridized carbons (Fsp3) is 0.625. The van der Waals surface area contributed by atoms with Crippen molar-refractivity contribution in [3.63, 3.8) is 0 Å². The van der Waals surface area contributed by atoms with Gasteiger partial charge in [0, 0.05) is 12.1 Å². The average Bonchev–Trinajstić information content (AvgIpc) is 2.61. The monoisotopic (exact) mass is 245 g/mol. The summed E-state index contributed by atoms with van der Waals surface area (Å²) in [4.78, 5) is 2.53. The summed E-state index contributed by atoms with van der Waals surface area (Å²) in [6.07, 6.45) is 4.67. The highest BCUT2D eigenvalue weighted by Crippen LogP contribution is 2.42. The molecule has 0 radical (unpaired) electrons. The van der Waals surface area contributed by atoms with Gasteiger partial charge in [0.15, 0.2) is 0 Å². The van der Waals surface area contributed by atoms with Crippen LogP contribution in [0.5, 0.6) is 0 Å². The predicted octanol–water partition coefficient (Wildman–Crippen LogP) is 2.90. The Kier molecular flexibility index (Phi) is 3.16. The molecule has 0 amide bonds. The van der Waals surface area contributed by atoms with Crippen molar-refractivity contribution in [1.82, 2.24) is 4.90 Å². The van der Waals surface area contributed by atoms with Gasteiger partial charge in [-0.3, -0.25) is 0 Å². The van der Waals surface area contributed by atoms with Crippen molar-refractivity contribution < 1.29 is 5.11 Å². The molecule has 3 atom stereocenters. The van der Waals surface area contributed by atoms with E-state index in [1.54, 1.807) is 0 Å². The molecular weight excluding hydrogens is 222 g/mol. The quantitative estimate of drug-likeness (QED) is 0.866. The van der Waals surface area contributed by atoms with Gasteiger partial charge in [0.25, 0.3) is 0 Å². The maximum Gasteiger partial charge on any atom is 0.0821 e. The molecule has 1 aromatic rings. The van der Waals surface area contributed by atoms with Gasteiger partial charge in [-0.15, -0.1) is 0 Å². The number of piperidine rings is 1. The first kappa shape index (κ1) is 12.2. The second-order valence-corrected chi connectivity index (χ2v) is 6.08. The summed E-state index contributed by atoms with van der Waals surface area (Å²) in [5.41, 5.74) is 2.35. The van der Waals surface area contributed by atoms with E-state index < -0.39 is 0 Å². The van der Waals surface area contributed by atoms with Crippen LogP contribution in [-0.4, -0.2) is 29.1 Å². The first-order valence-electron chi connectivity index (χ1n) is 7.12. The molecule has 0 saturated carbocycles. The predicted molar refractivity (Wildman–Crippen MR) is 73.4 cm³/mol. The zero-order valence-corrected chi connectivity index (χ0v) is 11.3. The number of fused-ring (bicyclic) bond motifs is 2. The average molecular weight is 245 g/mol. The molecule has 2 aliphatic rings. The molecule has 2 bridgehead atoms. The molecule has 3 unspecified atom stereocenters. The van der Waals surface area contributed by atoms with E-state index in [0.717, 1.165) is 18.4 Å². The Hall–Kier alpha value is -0.860. The van der Waals surface area contributed by atoms with Gasteiger partial charge < -0.3 is 10.0 Å². The standard InChI is InChI=1S/C16H23NO/c1-11-5-3-4-6-15(11)16(18)12-9-13-7-8-14(10-12)17(13)2/h3-6,12-14,16,18H,7-10H2,1-2H3. The lowest BCUT2D eigenvalue weighted by Gasteiger charge is -2.38. The van der Waals surface area contributed by atoms with Crippen LogP contribution >= 0.6 is 0 Å². The van der Waals surface area contributed by atoms with Crippen LogP contribution in [0.1, 0.15) is 42.9 Å². The van der Waals surface area contributed by atoms with E-state index >= 15 is 0 Å². The van der Waals surface area contributed by atoms with E-state index in [1.165, 1.54) is 18.4 Å². The molecule has 2 nitrogen and oxygen atoms in total. The summed E-state index contributed by atoms with van der Waals surface area (Å²) < 4.78 is 0. The number of nitrogens with zero attached hydrogens (tertiary/aromatic N) is 1. The van der Waals surface area contributed by atoms with Gasteiger partial charge in [-0.25, -0.2) is 0 Å². The van der Waals surface area contributed by atoms with E-state index in [9.17, 15) is 5.11 Å². The number of aryl methyl sites for hydroxylation is 1. The molecule has 0 aliphatic carbocycles. The third-order valence-electron chi connectivity index (χ3n) is 5.09. The molecule has 2 aliphatic heterocycles. The van der Waals surface area contributed by atoms with Gasteiger partial charge in [0.05, 0.1) is 6.10 Å². The van der Waals surface area contributed by atoms with Crippen molar-refractivity contribution in [1.29, 1.82) is 0 Å². The van der Waals surface area contributed by atoms with Crippen LogP contribution in [0, 0.1) is 12.8 Å². The molecule has 0 spiro atoms. The smallest absolute Gasteiger partial charge is 0.0821 e. The number of hydrogen-bond donors (Lipinski definition) is 1. The number of hydrogen-bond acceptors (Lipinski definition) is 2. The molecule has 1 N–H and O–H groups in total. The SMILES string of the molecule is Cc1ccccc1C(O)C1CC2CCC(C1)N2C. The molecule has 1 aromatic carbocycles. The van der Waals surface area contributed by atoms with Crippen LogP contribution in [-0.2, 0) is 0 Å². The molecule has 3 rings (SSSR count). The molecule has 2 heterocycles. The lowest BCUT2D eigenvalue weighted by molar-refractivity contribution is 0.0353. The zero-order chi connectivity index (χ0) is 12.7. The van der Waals surface area contributed by atoms with Gasteiger partial charge in [0.2, 0.25) is 0 Å².